The molecule has 0 spiro atoms. The highest BCUT2D eigenvalue weighted by atomic mass is 79.9. The van der Waals surface area contributed by atoms with E-state index in [-0.39, 0.29) is 4.47 Å². The maximum atomic E-state index is 12.3. The van der Waals surface area contributed by atoms with Gasteiger partial charge in [-0.15, -0.1) is 0 Å². The minimum atomic E-state index is -5.62. The van der Waals surface area contributed by atoms with Gasteiger partial charge in [-0.25, -0.2) is 0 Å². The first-order valence-corrected chi connectivity index (χ1v) is 4.89. The summed E-state index contributed by atoms with van der Waals surface area (Å²) in [5, 5.41) is 9.16. The molecule has 0 saturated heterocycles. The van der Waals surface area contributed by atoms with Gasteiger partial charge in [0.05, 0.1) is 10.7 Å². The molecule has 0 fully saturated rings. The average Bonchev–Trinajstić information content (AvgIpc) is 2.45. The Kier molecular flexibility index (Phi) is 3.82. The zero-order chi connectivity index (χ0) is 13.4. The molecule has 1 unspecified atom stereocenters. The Labute approximate surface area is 99.3 Å². The molecule has 0 amide bonds. The Balaban J connectivity index is 3.13. The normalized spacial score (nSPS) is 15.4. The molecule has 0 aliphatic heterocycles. The van der Waals surface area contributed by atoms with Gasteiger partial charge in [-0.1, -0.05) is 0 Å². The van der Waals surface area contributed by atoms with Crippen molar-refractivity contribution in [3.63, 3.8) is 0 Å². The molecular formula is C8H5BrF6O2. The van der Waals surface area contributed by atoms with Crippen LogP contribution < -0.4 is 0 Å². The maximum absolute atomic E-state index is 12.3. The van der Waals surface area contributed by atoms with E-state index in [1.807, 2.05) is 0 Å². The van der Waals surface area contributed by atoms with Gasteiger partial charge >= 0.3 is 12.4 Å². The molecule has 0 radical (unpaired) electrons. The minimum absolute atomic E-state index is 0.163. The van der Waals surface area contributed by atoms with E-state index in [0.29, 0.717) is 0 Å². The number of rotatable bonds is 2. The van der Waals surface area contributed by atoms with Crippen molar-refractivity contribution < 1.29 is 35.9 Å². The van der Waals surface area contributed by atoms with Crippen molar-refractivity contribution in [2.75, 3.05) is 0 Å². The maximum Gasteiger partial charge on any atom is 0.403 e. The molecule has 1 aromatic rings. The number of hydrogen-bond donors (Lipinski definition) is 1. The number of halogens is 7. The second kappa shape index (κ2) is 4.52. The van der Waals surface area contributed by atoms with Crippen molar-refractivity contribution >= 4 is 15.9 Å². The number of aliphatic hydroxyl groups is 1. The monoisotopic (exact) mass is 326 g/mol. The van der Waals surface area contributed by atoms with Crippen LogP contribution in [0.4, 0.5) is 26.3 Å². The summed E-state index contributed by atoms with van der Waals surface area (Å²) in [7, 11) is 0. The molecule has 2 nitrogen and oxygen atoms in total. The van der Waals surface area contributed by atoms with Crippen LogP contribution in [0.1, 0.15) is 11.9 Å². The summed E-state index contributed by atoms with van der Waals surface area (Å²) in [4.78, 5) is 0. The summed E-state index contributed by atoms with van der Waals surface area (Å²) in [5.41, 5.74) is 0. The zero-order valence-electron chi connectivity index (χ0n) is 7.81. The smallest absolute Gasteiger partial charge is 0.403 e. The van der Waals surface area contributed by atoms with E-state index < -0.39 is 30.1 Å². The van der Waals surface area contributed by atoms with Gasteiger partial charge in [0.2, 0.25) is 0 Å². The van der Waals surface area contributed by atoms with Crippen molar-refractivity contribution in [3.8, 4) is 0 Å². The fourth-order valence-electron chi connectivity index (χ4n) is 1.21. The predicted molar refractivity (Wildman–Crippen MR) is 47.0 cm³/mol. The summed E-state index contributed by atoms with van der Waals surface area (Å²) < 4.78 is 77.8. The van der Waals surface area contributed by atoms with Crippen LogP contribution in [0.3, 0.4) is 0 Å². The molecular weight excluding hydrogens is 322 g/mol. The van der Waals surface area contributed by atoms with E-state index >= 15 is 0 Å². The van der Waals surface area contributed by atoms with E-state index in [1.165, 1.54) is 0 Å². The van der Waals surface area contributed by atoms with Crippen LogP contribution in [-0.2, 0) is 0 Å². The standard InChI is InChI=1S/C8H5BrF6O2/c9-3-1-2-17-5(3)4(16)6(7(10,11)12)8(13,14)15/h1-2,4,6,16H. The Morgan fingerprint density at radius 2 is 1.59 bits per heavy atom. The van der Waals surface area contributed by atoms with Gasteiger partial charge in [-0.2, -0.15) is 26.3 Å². The molecule has 0 aliphatic carbocycles. The molecule has 9 heteroatoms. The lowest BCUT2D eigenvalue weighted by atomic mass is 9.99. The predicted octanol–water partition coefficient (Wildman–Crippen LogP) is 3.82. The SMILES string of the molecule is OC(c1occc1Br)C(C(F)(F)F)C(F)(F)F. The molecule has 1 rings (SSSR count). The van der Waals surface area contributed by atoms with E-state index in [4.69, 9.17) is 5.11 Å². The summed E-state index contributed by atoms with van der Waals surface area (Å²) in [6.07, 6.45) is -13.2. The highest BCUT2D eigenvalue weighted by molar-refractivity contribution is 9.10. The van der Waals surface area contributed by atoms with E-state index in [9.17, 15) is 26.3 Å². The van der Waals surface area contributed by atoms with Crippen LogP contribution >= 0.6 is 15.9 Å². The van der Waals surface area contributed by atoms with Crippen LogP contribution in [0, 0.1) is 5.92 Å². The van der Waals surface area contributed by atoms with Gasteiger partial charge in [-0.05, 0) is 22.0 Å². The first kappa shape index (κ1) is 14.4. The van der Waals surface area contributed by atoms with Crippen LogP contribution in [0.15, 0.2) is 21.2 Å². The third-order valence-electron chi connectivity index (χ3n) is 1.93. The van der Waals surface area contributed by atoms with Crippen LogP contribution in [0.2, 0.25) is 0 Å². The van der Waals surface area contributed by atoms with Crippen molar-refractivity contribution in [2.24, 2.45) is 5.92 Å². The van der Waals surface area contributed by atoms with E-state index in [2.05, 4.69) is 20.3 Å². The molecule has 0 bridgehead atoms. The van der Waals surface area contributed by atoms with Crippen LogP contribution in [0.5, 0.6) is 0 Å². The molecule has 17 heavy (non-hydrogen) atoms. The zero-order valence-corrected chi connectivity index (χ0v) is 9.40. The Morgan fingerprint density at radius 1 is 1.12 bits per heavy atom. The minimum Gasteiger partial charge on any atom is -0.465 e. The van der Waals surface area contributed by atoms with Crippen molar-refractivity contribution in [1.29, 1.82) is 0 Å². The van der Waals surface area contributed by atoms with Gasteiger partial charge in [-0.3, -0.25) is 0 Å². The second-order valence-electron chi connectivity index (χ2n) is 3.14. The molecule has 1 atom stereocenters. The Hall–Kier alpha value is -0.700. The average molecular weight is 327 g/mol. The quantitative estimate of drug-likeness (QED) is 0.838. The van der Waals surface area contributed by atoms with Gasteiger partial charge in [0.25, 0.3) is 0 Å². The molecule has 1 aromatic heterocycles. The third kappa shape index (κ3) is 3.15. The highest BCUT2D eigenvalue weighted by Gasteiger charge is 2.61. The molecule has 1 N–H and O–H groups in total. The van der Waals surface area contributed by atoms with Crippen molar-refractivity contribution in [1.82, 2.24) is 0 Å². The third-order valence-corrected chi connectivity index (χ3v) is 2.59. The Bertz CT molecular complexity index is 368. The summed E-state index contributed by atoms with van der Waals surface area (Å²) >= 11 is 2.68. The van der Waals surface area contributed by atoms with E-state index in [1.54, 1.807) is 0 Å². The first-order chi connectivity index (χ1) is 7.55. The topological polar surface area (TPSA) is 33.4 Å². The number of aliphatic hydroxyl groups excluding tert-OH is 1. The lowest BCUT2D eigenvalue weighted by Crippen LogP contribution is -2.40. The Morgan fingerprint density at radius 3 is 1.88 bits per heavy atom. The van der Waals surface area contributed by atoms with Gasteiger partial charge < -0.3 is 9.52 Å². The highest BCUT2D eigenvalue weighted by Crippen LogP contribution is 2.47. The van der Waals surface area contributed by atoms with Gasteiger partial charge in [0.1, 0.15) is 11.9 Å². The first-order valence-electron chi connectivity index (χ1n) is 4.09. The van der Waals surface area contributed by atoms with Crippen LogP contribution in [-0.4, -0.2) is 17.5 Å². The summed E-state index contributed by atoms with van der Waals surface area (Å²) in [5.74, 6) is -4.71. The summed E-state index contributed by atoms with van der Waals surface area (Å²) in [6.45, 7) is 0. The molecule has 98 valence electrons. The summed E-state index contributed by atoms with van der Waals surface area (Å²) in [6, 6.07) is 1.09. The number of hydrogen-bond acceptors (Lipinski definition) is 2. The fourth-order valence-corrected chi connectivity index (χ4v) is 1.65. The molecule has 0 aromatic carbocycles. The van der Waals surface area contributed by atoms with Crippen molar-refractivity contribution in [3.05, 3.63) is 22.6 Å². The van der Waals surface area contributed by atoms with E-state index in [0.717, 1.165) is 12.3 Å². The number of alkyl halides is 6. The lowest BCUT2D eigenvalue weighted by Gasteiger charge is -2.26. The fraction of sp³-hybridized carbons (Fsp3) is 0.500. The molecule has 1 heterocycles. The van der Waals surface area contributed by atoms with Gasteiger partial charge in [0.15, 0.2) is 5.92 Å². The molecule has 0 saturated carbocycles. The van der Waals surface area contributed by atoms with Crippen LogP contribution in [0.25, 0.3) is 0 Å². The number of furan rings is 1. The largest absolute Gasteiger partial charge is 0.465 e. The lowest BCUT2D eigenvalue weighted by molar-refractivity contribution is -0.309. The second-order valence-corrected chi connectivity index (χ2v) is 3.99. The van der Waals surface area contributed by atoms with Crippen molar-refractivity contribution in [2.45, 2.75) is 18.5 Å². The van der Waals surface area contributed by atoms with Gasteiger partial charge in [0, 0.05) is 0 Å². The molecule has 0 aliphatic rings.